The number of nitrogens with one attached hydrogen (secondary N) is 1. The van der Waals surface area contributed by atoms with Crippen molar-refractivity contribution >= 4 is 28.3 Å². The highest BCUT2D eigenvalue weighted by Gasteiger charge is 2.12. The van der Waals surface area contributed by atoms with E-state index in [4.69, 9.17) is 9.72 Å². The first-order chi connectivity index (χ1) is 15.2. The second kappa shape index (κ2) is 10.3. The SMILES string of the molecule is CCc1ccc(OCCCn2c(CCNC(=O)c3cccs3)nc3ccccc32)cc1. The number of nitrogens with zero attached hydrogens (tertiary/aromatic N) is 2. The van der Waals surface area contributed by atoms with Crippen molar-refractivity contribution in [1.82, 2.24) is 14.9 Å². The van der Waals surface area contributed by atoms with Gasteiger partial charge in [-0.25, -0.2) is 4.98 Å². The Bertz CT molecular complexity index is 1120. The van der Waals surface area contributed by atoms with Crippen LogP contribution in [0.15, 0.2) is 66.0 Å². The molecule has 2 heterocycles. The fourth-order valence-electron chi connectivity index (χ4n) is 3.58. The molecule has 0 aliphatic carbocycles. The Balaban J connectivity index is 1.36. The lowest BCUT2D eigenvalue weighted by Gasteiger charge is -2.11. The number of carbonyl (C=O) groups is 1. The maximum Gasteiger partial charge on any atom is 0.261 e. The third-order valence-corrected chi connectivity index (χ3v) is 6.11. The number of fused-ring (bicyclic) bond motifs is 1. The maximum absolute atomic E-state index is 12.2. The normalized spacial score (nSPS) is 11.0. The van der Waals surface area contributed by atoms with Crippen molar-refractivity contribution in [3.05, 3.63) is 82.3 Å². The summed E-state index contributed by atoms with van der Waals surface area (Å²) in [7, 11) is 0. The molecule has 0 fully saturated rings. The molecular formula is C25H27N3O2S. The van der Waals surface area contributed by atoms with Crippen molar-refractivity contribution in [1.29, 1.82) is 0 Å². The molecule has 2 aromatic carbocycles. The topological polar surface area (TPSA) is 56.1 Å². The van der Waals surface area contributed by atoms with Crippen molar-refractivity contribution in [2.45, 2.75) is 32.7 Å². The van der Waals surface area contributed by atoms with Crippen LogP contribution >= 0.6 is 11.3 Å². The Kier molecular flexibility index (Phi) is 6.99. The molecule has 0 bridgehead atoms. The molecule has 0 unspecified atom stereocenters. The lowest BCUT2D eigenvalue weighted by molar-refractivity contribution is 0.0958. The molecule has 1 amide bonds. The lowest BCUT2D eigenvalue weighted by Crippen LogP contribution is -2.25. The molecule has 0 spiro atoms. The van der Waals surface area contributed by atoms with Crippen molar-refractivity contribution in [2.24, 2.45) is 0 Å². The van der Waals surface area contributed by atoms with Crippen LogP contribution in [0.1, 0.15) is 34.4 Å². The first kappa shape index (κ1) is 21.1. The zero-order valence-electron chi connectivity index (χ0n) is 17.7. The Labute approximate surface area is 186 Å². The van der Waals surface area contributed by atoms with Crippen LogP contribution in [0.3, 0.4) is 0 Å². The van der Waals surface area contributed by atoms with Crippen molar-refractivity contribution in [3.63, 3.8) is 0 Å². The van der Waals surface area contributed by atoms with Crippen molar-refractivity contribution in [2.75, 3.05) is 13.2 Å². The number of amides is 1. The smallest absolute Gasteiger partial charge is 0.261 e. The number of hydrogen-bond donors (Lipinski definition) is 1. The summed E-state index contributed by atoms with van der Waals surface area (Å²) in [5.74, 6) is 1.87. The number of imidazole rings is 1. The largest absolute Gasteiger partial charge is 0.494 e. The number of para-hydroxylation sites is 2. The number of rotatable bonds is 10. The van der Waals surface area contributed by atoms with Gasteiger partial charge in [0.2, 0.25) is 0 Å². The summed E-state index contributed by atoms with van der Waals surface area (Å²) >= 11 is 1.45. The van der Waals surface area contributed by atoms with Gasteiger partial charge < -0.3 is 14.6 Å². The van der Waals surface area contributed by atoms with Gasteiger partial charge in [-0.05, 0) is 54.1 Å². The minimum atomic E-state index is -0.0276. The lowest BCUT2D eigenvalue weighted by atomic mass is 10.2. The molecule has 2 aromatic heterocycles. The standard InChI is InChI=1S/C25H27N3O2S/c1-2-19-10-12-20(13-11-19)30-17-6-16-28-22-8-4-3-7-21(22)27-24(28)14-15-26-25(29)23-9-5-18-31-23/h3-5,7-13,18H,2,6,14-17H2,1H3,(H,26,29). The van der Waals surface area contributed by atoms with Gasteiger partial charge in [-0.2, -0.15) is 0 Å². The summed E-state index contributed by atoms with van der Waals surface area (Å²) in [4.78, 5) is 17.7. The van der Waals surface area contributed by atoms with E-state index in [1.54, 1.807) is 0 Å². The molecule has 5 nitrogen and oxygen atoms in total. The predicted octanol–water partition coefficient (Wildman–Crippen LogP) is 5.10. The summed E-state index contributed by atoms with van der Waals surface area (Å²) in [5.41, 5.74) is 3.42. The van der Waals surface area contributed by atoms with E-state index in [-0.39, 0.29) is 5.91 Å². The van der Waals surface area contributed by atoms with Crippen LogP contribution in [0, 0.1) is 0 Å². The summed E-state index contributed by atoms with van der Waals surface area (Å²) in [6, 6.07) is 20.2. The van der Waals surface area contributed by atoms with Gasteiger partial charge in [0, 0.05) is 19.5 Å². The molecule has 31 heavy (non-hydrogen) atoms. The van der Waals surface area contributed by atoms with Gasteiger partial charge in [0.05, 0.1) is 22.5 Å². The van der Waals surface area contributed by atoms with Crippen LogP contribution in [0.25, 0.3) is 11.0 Å². The average Bonchev–Trinajstić information content (AvgIpc) is 3.46. The third kappa shape index (κ3) is 5.33. The van der Waals surface area contributed by atoms with Gasteiger partial charge in [0.1, 0.15) is 11.6 Å². The fourth-order valence-corrected chi connectivity index (χ4v) is 4.22. The molecule has 4 aromatic rings. The minimum absolute atomic E-state index is 0.0276. The zero-order chi connectivity index (χ0) is 21.5. The Morgan fingerprint density at radius 1 is 1.10 bits per heavy atom. The Hall–Kier alpha value is -3.12. The Morgan fingerprint density at radius 2 is 1.94 bits per heavy atom. The van der Waals surface area contributed by atoms with Crippen molar-refractivity contribution in [3.8, 4) is 5.75 Å². The molecule has 160 valence electrons. The van der Waals surface area contributed by atoms with Gasteiger partial charge in [-0.3, -0.25) is 4.79 Å². The second-order valence-electron chi connectivity index (χ2n) is 7.35. The maximum atomic E-state index is 12.2. The van der Waals surface area contributed by atoms with E-state index in [0.717, 1.165) is 46.9 Å². The summed E-state index contributed by atoms with van der Waals surface area (Å²) in [5, 5.41) is 4.91. The van der Waals surface area contributed by atoms with Crippen LogP contribution in [0.4, 0.5) is 0 Å². The molecule has 0 saturated heterocycles. The van der Waals surface area contributed by atoms with Crippen LogP contribution in [-0.2, 0) is 19.4 Å². The van der Waals surface area contributed by atoms with Gasteiger partial charge in [0.25, 0.3) is 5.91 Å². The van der Waals surface area contributed by atoms with Gasteiger partial charge in [-0.1, -0.05) is 37.3 Å². The second-order valence-corrected chi connectivity index (χ2v) is 8.30. The highest BCUT2D eigenvalue weighted by molar-refractivity contribution is 7.12. The molecular weight excluding hydrogens is 406 g/mol. The quantitative estimate of drug-likeness (QED) is 0.354. The number of benzene rings is 2. The molecule has 6 heteroatoms. The molecule has 0 aliphatic heterocycles. The number of aryl methyl sites for hydroxylation is 2. The van der Waals surface area contributed by atoms with Crippen LogP contribution in [0.5, 0.6) is 5.75 Å². The van der Waals surface area contributed by atoms with Gasteiger partial charge in [0.15, 0.2) is 0 Å². The monoisotopic (exact) mass is 433 g/mol. The van der Waals surface area contributed by atoms with Crippen LogP contribution in [0.2, 0.25) is 0 Å². The minimum Gasteiger partial charge on any atom is -0.494 e. The number of carbonyl (C=O) groups excluding carboxylic acids is 1. The van der Waals surface area contributed by atoms with Gasteiger partial charge >= 0.3 is 0 Å². The van der Waals surface area contributed by atoms with E-state index < -0.39 is 0 Å². The van der Waals surface area contributed by atoms with E-state index in [9.17, 15) is 4.79 Å². The molecule has 0 radical (unpaired) electrons. The molecule has 0 saturated carbocycles. The van der Waals surface area contributed by atoms with Crippen molar-refractivity contribution < 1.29 is 9.53 Å². The molecule has 1 N–H and O–H groups in total. The van der Waals surface area contributed by atoms with Gasteiger partial charge in [-0.15, -0.1) is 11.3 Å². The number of ether oxygens (including phenoxy) is 1. The van der Waals surface area contributed by atoms with E-state index >= 15 is 0 Å². The van der Waals surface area contributed by atoms with Crippen LogP contribution in [-0.4, -0.2) is 28.6 Å². The summed E-state index contributed by atoms with van der Waals surface area (Å²) < 4.78 is 8.17. The first-order valence-corrected chi connectivity index (χ1v) is 11.6. The summed E-state index contributed by atoms with van der Waals surface area (Å²) in [6.07, 6.45) is 2.60. The number of hydrogen-bond acceptors (Lipinski definition) is 4. The van der Waals surface area contributed by atoms with Crippen LogP contribution < -0.4 is 10.1 Å². The Morgan fingerprint density at radius 3 is 2.71 bits per heavy atom. The van der Waals surface area contributed by atoms with E-state index in [0.29, 0.717) is 19.6 Å². The fraction of sp³-hybridized carbons (Fsp3) is 0.280. The highest BCUT2D eigenvalue weighted by Crippen LogP contribution is 2.18. The van der Waals surface area contributed by atoms with E-state index in [1.807, 2.05) is 47.8 Å². The predicted molar refractivity (Wildman–Crippen MR) is 126 cm³/mol. The summed E-state index contributed by atoms with van der Waals surface area (Å²) in [6.45, 7) is 4.17. The number of thiophene rings is 1. The molecule has 0 aliphatic rings. The van der Waals surface area contributed by atoms with E-state index in [1.165, 1.54) is 16.9 Å². The molecule has 4 rings (SSSR count). The number of aromatic nitrogens is 2. The first-order valence-electron chi connectivity index (χ1n) is 10.7. The average molecular weight is 434 g/mol. The van der Waals surface area contributed by atoms with E-state index in [2.05, 4.69) is 35.0 Å². The molecule has 0 atom stereocenters. The highest BCUT2D eigenvalue weighted by atomic mass is 32.1. The zero-order valence-corrected chi connectivity index (χ0v) is 18.5. The third-order valence-electron chi connectivity index (χ3n) is 5.24.